The normalized spacial score (nSPS) is 13.9. The lowest BCUT2D eigenvalue weighted by molar-refractivity contribution is 0.0868. The molecule has 0 aromatic rings. The van der Waals surface area contributed by atoms with E-state index in [0.29, 0.717) is 12.8 Å². The molecule has 0 saturated carbocycles. The molecule has 92 valence electrons. The van der Waals surface area contributed by atoms with E-state index < -0.39 is 12.2 Å². The van der Waals surface area contributed by atoms with E-state index in [2.05, 4.69) is 23.7 Å². The molecule has 0 spiro atoms. The molecule has 2 atom stereocenters. The van der Waals surface area contributed by atoms with Crippen LogP contribution in [0, 0.1) is 23.7 Å². The van der Waals surface area contributed by atoms with Crippen molar-refractivity contribution in [3.63, 3.8) is 0 Å². The fraction of sp³-hybridized carbons (Fsp3) is 0.429. The summed E-state index contributed by atoms with van der Waals surface area (Å²) in [6.45, 7) is 1.96. The minimum atomic E-state index is -1.14. The predicted octanol–water partition coefficient (Wildman–Crippen LogP) is 0.620. The third-order valence-electron chi connectivity index (χ3n) is 1.79. The average Bonchev–Trinajstić information content (AvgIpc) is 2.34. The maximum Gasteiger partial charge on any atom is 0.145 e. The van der Waals surface area contributed by atoms with Crippen LogP contribution in [-0.4, -0.2) is 34.1 Å². The van der Waals surface area contributed by atoms with Gasteiger partial charge in [0.1, 0.15) is 12.2 Å². The first-order valence-electron chi connectivity index (χ1n) is 5.48. The fourth-order valence-electron chi connectivity index (χ4n) is 0.907. The van der Waals surface area contributed by atoms with Gasteiger partial charge in [-0.05, 0) is 37.7 Å². The fourth-order valence-corrected chi connectivity index (χ4v) is 0.907. The van der Waals surface area contributed by atoms with Crippen LogP contribution >= 0.6 is 0 Å². The highest BCUT2D eigenvalue weighted by Crippen LogP contribution is 1.97. The molecular weight excluding hydrogens is 216 g/mol. The number of rotatable bonds is 5. The van der Waals surface area contributed by atoms with Crippen molar-refractivity contribution in [3.05, 3.63) is 24.3 Å². The molecule has 0 heterocycles. The van der Waals surface area contributed by atoms with E-state index in [0.717, 1.165) is 0 Å². The third kappa shape index (κ3) is 9.41. The van der Waals surface area contributed by atoms with Crippen molar-refractivity contribution in [2.45, 2.75) is 32.0 Å². The largest absolute Gasteiger partial charge is 0.396 e. The Balaban J connectivity index is 4.09. The Morgan fingerprint density at radius 2 is 2.00 bits per heavy atom. The van der Waals surface area contributed by atoms with Gasteiger partial charge in [-0.3, -0.25) is 0 Å². The maximum absolute atomic E-state index is 9.46. The molecule has 0 aromatic carbocycles. The van der Waals surface area contributed by atoms with Gasteiger partial charge >= 0.3 is 0 Å². The zero-order valence-corrected chi connectivity index (χ0v) is 9.93. The third-order valence-corrected chi connectivity index (χ3v) is 1.79. The Labute approximate surface area is 102 Å². The van der Waals surface area contributed by atoms with E-state index in [4.69, 9.17) is 5.11 Å². The second kappa shape index (κ2) is 11.0. The minimum absolute atomic E-state index is 0.114. The Morgan fingerprint density at radius 1 is 1.24 bits per heavy atom. The van der Waals surface area contributed by atoms with Gasteiger partial charge in [0.15, 0.2) is 0 Å². The highest BCUT2D eigenvalue weighted by molar-refractivity contribution is 5.32. The summed E-state index contributed by atoms with van der Waals surface area (Å²) in [4.78, 5) is 0. The predicted molar refractivity (Wildman–Crippen MR) is 67.8 cm³/mol. The minimum Gasteiger partial charge on any atom is -0.396 e. The molecule has 3 N–H and O–H groups in total. The number of unbranched alkanes of at least 4 members (excludes halogenated alkanes) is 1. The van der Waals surface area contributed by atoms with Crippen LogP contribution in [0.2, 0.25) is 0 Å². The van der Waals surface area contributed by atoms with Gasteiger partial charge in [-0.15, -0.1) is 0 Å². The second-order valence-electron chi connectivity index (χ2n) is 3.27. The summed E-state index contributed by atoms with van der Waals surface area (Å²) in [6, 6.07) is 0. The van der Waals surface area contributed by atoms with Crippen molar-refractivity contribution >= 4 is 0 Å². The number of aliphatic hydroxyl groups is 3. The van der Waals surface area contributed by atoms with E-state index in [1.807, 2.05) is 6.92 Å². The van der Waals surface area contributed by atoms with E-state index in [1.165, 1.54) is 6.08 Å². The molecular formula is C14H18O3. The van der Waals surface area contributed by atoms with Gasteiger partial charge in [0.25, 0.3) is 0 Å². The summed E-state index contributed by atoms with van der Waals surface area (Å²) in [7, 11) is 0. The van der Waals surface area contributed by atoms with E-state index in [-0.39, 0.29) is 6.61 Å². The van der Waals surface area contributed by atoms with Crippen molar-refractivity contribution in [1.29, 1.82) is 0 Å². The quantitative estimate of drug-likeness (QED) is 0.371. The Bertz CT molecular complexity index is 360. The van der Waals surface area contributed by atoms with Crippen molar-refractivity contribution in [3.8, 4) is 23.7 Å². The van der Waals surface area contributed by atoms with Gasteiger partial charge in [0.05, 0.1) is 0 Å². The lowest BCUT2D eigenvalue weighted by Gasteiger charge is -2.06. The molecule has 3 heteroatoms. The van der Waals surface area contributed by atoms with Crippen molar-refractivity contribution < 1.29 is 15.3 Å². The molecule has 0 amide bonds. The van der Waals surface area contributed by atoms with Crippen molar-refractivity contribution in [2.75, 3.05) is 6.61 Å². The monoisotopic (exact) mass is 234 g/mol. The standard InChI is InChI=1S/C14H18O3/c1-2-3-4-5-7-10-13(16)14(17)11-8-6-9-12-15/h2-3,8,11,13-17H,6,9,12H2,1H3/b3-2+,11-8+/t13-,14+/m0/s1. The topological polar surface area (TPSA) is 60.7 Å². The van der Waals surface area contributed by atoms with E-state index in [9.17, 15) is 10.2 Å². The molecule has 0 aliphatic carbocycles. The van der Waals surface area contributed by atoms with Crippen LogP contribution in [0.4, 0.5) is 0 Å². The summed E-state index contributed by atoms with van der Waals surface area (Å²) >= 11 is 0. The Hall–Kier alpha value is -1.52. The first-order chi connectivity index (χ1) is 8.22. The highest BCUT2D eigenvalue weighted by atomic mass is 16.3. The van der Waals surface area contributed by atoms with Gasteiger partial charge < -0.3 is 15.3 Å². The van der Waals surface area contributed by atoms with Crippen molar-refractivity contribution in [2.24, 2.45) is 0 Å². The first kappa shape index (κ1) is 15.5. The second-order valence-corrected chi connectivity index (χ2v) is 3.27. The Morgan fingerprint density at radius 3 is 2.65 bits per heavy atom. The van der Waals surface area contributed by atoms with Crippen LogP contribution in [0.3, 0.4) is 0 Å². The lowest BCUT2D eigenvalue weighted by Crippen LogP contribution is -2.21. The van der Waals surface area contributed by atoms with Crippen LogP contribution in [-0.2, 0) is 0 Å². The number of allylic oxidation sites excluding steroid dienone is 3. The average molecular weight is 234 g/mol. The SMILES string of the molecule is C/C=C/C#CC#C[C@H](O)[C@H](O)/C=C/CCCO. The summed E-state index contributed by atoms with van der Waals surface area (Å²) in [5.74, 6) is 10.1. The Kier molecular flexibility index (Phi) is 10.00. The van der Waals surface area contributed by atoms with Crippen LogP contribution < -0.4 is 0 Å². The molecule has 0 rings (SSSR count). The number of hydrogen-bond acceptors (Lipinski definition) is 3. The smallest absolute Gasteiger partial charge is 0.145 e. The molecule has 0 bridgehead atoms. The molecule has 0 aliphatic rings. The molecule has 0 fully saturated rings. The van der Waals surface area contributed by atoms with Crippen LogP contribution in [0.25, 0.3) is 0 Å². The molecule has 0 aromatic heterocycles. The molecule has 0 aliphatic heterocycles. The summed E-state index contributed by atoms with van der Waals surface area (Å²) in [5.41, 5.74) is 0. The van der Waals surface area contributed by atoms with Gasteiger partial charge in [-0.25, -0.2) is 0 Å². The van der Waals surface area contributed by atoms with E-state index in [1.54, 1.807) is 18.2 Å². The molecule has 0 unspecified atom stereocenters. The molecule has 17 heavy (non-hydrogen) atoms. The maximum atomic E-state index is 9.46. The van der Waals surface area contributed by atoms with Gasteiger partial charge in [0.2, 0.25) is 0 Å². The number of hydrogen-bond donors (Lipinski definition) is 3. The lowest BCUT2D eigenvalue weighted by atomic mass is 10.1. The van der Waals surface area contributed by atoms with Gasteiger partial charge in [-0.1, -0.05) is 30.1 Å². The highest BCUT2D eigenvalue weighted by Gasteiger charge is 2.08. The first-order valence-corrected chi connectivity index (χ1v) is 5.48. The zero-order chi connectivity index (χ0) is 12.9. The van der Waals surface area contributed by atoms with Gasteiger partial charge in [-0.2, -0.15) is 0 Å². The summed E-state index contributed by atoms with van der Waals surface area (Å²) in [6.07, 6.45) is 5.74. The van der Waals surface area contributed by atoms with Crippen LogP contribution in [0.15, 0.2) is 24.3 Å². The molecule has 3 nitrogen and oxygen atoms in total. The molecule has 0 saturated heterocycles. The molecule has 0 radical (unpaired) electrons. The van der Waals surface area contributed by atoms with Crippen LogP contribution in [0.5, 0.6) is 0 Å². The zero-order valence-electron chi connectivity index (χ0n) is 9.93. The van der Waals surface area contributed by atoms with Gasteiger partial charge in [0, 0.05) is 6.61 Å². The van der Waals surface area contributed by atoms with E-state index >= 15 is 0 Å². The van der Waals surface area contributed by atoms with Crippen molar-refractivity contribution in [1.82, 2.24) is 0 Å². The van der Waals surface area contributed by atoms with Crippen LogP contribution in [0.1, 0.15) is 19.8 Å². The summed E-state index contributed by atoms with van der Waals surface area (Å²) in [5, 5.41) is 27.4. The number of aliphatic hydroxyl groups excluding tert-OH is 3. The summed E-state index contributed by atoms with van der Waals surface area (Å²) < 4.78 is 0.